The molecule has 2 rings (SSSR count). The maximum Gasteiger partial charge on any atom is 0.265 e. The molecule has 0 unspecified atom stereocenters. The molecule has 0 radical (unpaired) electrons. The van der Waals surface area contributed by atoms with Gasteiger partial charge < -0.3 is 10.2 Å². The average molecular weight is 290 g/mol. The van der Waals surface area contributed by atoms with Gasteiger partial charge in [-0.15, -0.1) is 0 Å². The van der Waals surface area contributed by atoms with E-state index in [-0.39, 0.29) is 5.91 Å². The molecule has 0 spiro atoms. The number of benzene rings is 1. The Balaban J connectivity index is 1.95. The second kappa shape index (κ2) is 7.43. The Morgan fingerprint density at radius 1 is 1.24 bits per heavy atom. The minimum Gasteiger partial charge on any atom is -0.385 e. The fraction of sp³-hybridized carbons (Fsp3) is 0.562. The van der Waals surface area contributed by atoms with Crippen LogP contribution in [-0.2, 0) is 0 Å². The van der Waals surface area contributed by atoms with Crippen LogP contribution in [0.3, 0.4) is 0 Å². The van der Waals surface area contributed by atoms with E-state index in [0.717, 1.165) is 56.0 Å². The van der Waals surface area contributed by atoms with Gasteiger partial charge in [0.2, 0.25) is 0 Å². The quantitative estimate of drug-likeness (QED) is 0.867. The van der Waals surface area contributed by atoms with Gasteiger partial charge in [-0.3, -0.25) is 10.2 Å². The first-order valence-corrected chi connectivity index (χ1v) is 7.69. The van der Waals surface area contributed by atoms with Crippen LogP contribution in [0.15, 0.2) is 18.2 Å². The van der Waals surface area contributed by atoms with Gasteiger partial charge in [0.1, 0.15) is 0 Å². The molecule has 116 valence electrons. The fourth-order valence-electron chi connectivity index (χ4n) is 2.42. The molecule has 1 amide bonds. The Morgan fingerprint density at radius 3 is 2.57 bits per heavy atom. The Bertz CT molecular complexity index is 481. The first-order chi connectivity index (χ1) is 10.1. The van der Waals surface area contributed by atoms with Crippen molar-refractivity contribution in [2.45, 2.75) is 20.3 Å². The molecule has 1 aromatic carbocycles. The number of rotatable bonds is 5. The van der Waals surface area contributed by atoms with Crippen LogP contribution in [0.25, 0.3) is 0 Å². The van der Waals surface area contributed by atoms with Gasteiger partial charge in [0.25, 0.3) is 5.91 Å². The van der Waals surface area contributed by atoms with Crippen LogP contribution in [0.4, 0.5) is 5.69 Å². The molecule has 1 aliphatic rings. The smallest absolute Gasteiger partial charge is 0.265 e. The first-order valence-electron chi connectivity index (χ1n) is 7.69. The highest BCUT2D eigenvalue weighted by atomic mass is 16.2. The summed E-state index contributed by atoms with van der Waals surface area (Å²) in [4.78, 5) is 14.6. The monoisotopic (exact) mass is 290 g/mol. The summed E-state index contributed by atoms with van der Waals surface area (Å²) in [5.41, 5.74) is 5.83. The number of amides is 1. The van der Waals surface area contributed by atoms with E-state index in [0.29, 0.717) is 0 Å². The Kier molecular flexibility index (Phi) is 5.59. The van der Waals surface area contributed by atoms with Gasteiger partial charge in [0.05, 0.1) is 0 Å². The third kappa shape index (κ3) is 4.44. The number of hydrazine groups is 1. The average Bonchev–Trinajstić information content (AvgIpc) is 2.47. The number of carbonyl (C=O) groups is 1. The summed E-state index contributed by atoms with van der Waals surface area (Å²) in [6, 6.07) is 5.91. The van der Waals surface area contributed by atoms with E-state index >= 15 is 0 Å². The standard InChI is InChI=1S/C16H26N4O/c1-4-7-17-14-5-6-15(13(2)12-14)16(21)18-20-10-8-19(3)9-11-20/h5-6,12,17H,4,7-11H2,1-3H3,(H,18,21). The lowest BCUT2D eigenvalue weighted by Crippen LogP contribution is -2.52. The highest BCUT2D eigenvalue weighted by Crippen LogP contribution is 2.15. The molecule has 21 heavy (non-hydrogen) atoms. The minimum absolute atomic E-state index is 0.0147. The maximum atomic E-state index is 12.4. The Hall–Kier alpha value is -1.59. The number of carbonyl (C=O) groups excluding carboxylic acids is 1. The Labute approximate surface area is 127 Å². The van der Waals surface area contributed by atoms with E-state index in [2.05, 4.69) is 29.6 Å². The molecule has 1 aliphatic heterocycles. The van der Waals surface area contributed by atoms with Gasteiger partial charge in [-0.2, -0.15) is 0 Å². The molecule has 0 aromatic heterocycles. The fourth-order valence-corrected chi connectivity index (χ4v) is 2.42. The van der Waals surface area contributed by atoms with E-state index in [1.807, 2.05) is 30.1 Å². The molecule has 0 bridgehead atoms. The number of hydrogen-bond donors (Lipinski definition) is 2. The molecule has 1 heterocycles. The molecule has 0 aliphatic carbocycles. The van der Waals surface area contributed by atoms with Crippen molar-refractivity contribution in [1.82, 2.24) is 15.3 Å². The van der Waals surface area contributed by atoms with Crippen molar-refractivity contribution in [1.29, 1.82) is 0 Å². The van der Waals surface area contributed by atoms with Crippen molar-refractivity contribution < 1.29 is 4.79 Å². The lowest BCUT2D eigenvalue weighted by Gasteiger charge is -2.32. The normalized spacial score (nSPS) is 16.7. The maximum absolute atomic E-state index is 12.4. The number of hydrogen-bond acceptors (Lipinski definition) is 4. The minimum atomic E-state index is -0.0147. The number of nitrogens with zero attached hydrogens (tertiary/aromatic N) is 2. The number of anilines is 1. The lowest BCUT2D eigenvalue weighted by molar-refractivity contribution is 0.0662. The van der Waals surface area contributed by atoms with Crippen LogP contribution in [0.2, 0.25) is 0 Å². The zero-order valence-corrected chi connectivity index (χ0v) is 13.3. The summed E-state index contributed by atoms with van der Waals surface area (Å²) in [7, 11) is 2.10. The molecule has 1 fully saturated rings. The van der Waals surface area contributed by atoms with Crippen molar-refractivity contribution >= 4 is 11.6 Å². The second-order valence-corrected chi connectivity index (χ2v) is 5.69. The number of likely N-dealkylation sites (N-methyl/N-ethyl adjacent to an activating group) is 1. The molecule has 5 nitrogen and oxygen atoms in total. The number of piperazine rings is 1. The highest BCUT2D eigenvalue weighted by molar-refractivity contribution is 5.95. The van der Waals surface area contributed by atoms with E-state index < -0.39 is 0 Å². The molecule has 0 saturated carbocycles. The van der Waals surface area contributed by atoms with Gasteiger partial charge in [-0.1, -0.05) is 6.92 Å². The van der Waals surface area contributed by atoms with Crippen molar-refractivity contribution in [3.63, 3.8) is 0 Å². The SMILES string of the molecule is CCCNc1ccc(C(=O)NN2CCN(C)CC2)c(C)c1. The molecule has 1 aromatic rings. The van der Waals surface area contributed by atoms with E-state index in [1.165, 1.54) is 0 Å². The third-order valence-corrected chi connectivity index (χ3v) is 3.81. The van der Waals surface area contributed by atoms with E-state index in [4.69, 9.17) is 0 Å². The van der Waals surface area contributed by atoms with Gasteiger partial charge >= 0.3 is 0 Å². The predicted molar refractivity (Wildman–Crippen MR) is 86.5 cm³/mol. The van der Waals surface area contributed by atoms with Crippen LogP contribution in [-0.4, -0.2) is 55.6 Å². The van der Waals surface area contributed by atoms with Gasteiger partial charge in [-0.05, 0) is 44.2 Å². The largest absolute Gasteiger partial charge is 0.385 e. The molecule has 0 atom stereocenters. The van der Waals surface area contributed by atoms with E-state index in [9.17, 15) is 4.79 Å². The summed E-state index contributed by atoms with van der Waals surface area (Å²) < 4.78 is 0. The van der Waals surface area contributed by atoms with Crippen molar-refractivity contribution in [2.75, 3.05) is 45.1 Å². The van der Waals surface area contributed by atoms with Crippen LogP contribution < -0.4 is 10.7 Å². The summed E-state index contributed by atoms with van der Waals surface area (Å²) in [6.45, 7) is 8.78. The van der Waals surface area contributed by atoms with Crippen LogP contribution in [0.5, 0.6) is 0 Å². The molecule has 2 N–H and O–H groups in total. The summed E-state index contributed by atoms with van der Waals surface area (Å²) in [5, 5.41) is 5.34. The number of nitrogens with one attached hydrogen (secondary N) is 2. The van der Waals surface area contributed by atoms with Crippen molar-refractivity contribution in [3.05, 3.63) is 29.3 Å². The van der Waals surface area contributed by atoms with Crippen LogP contribution in [0, 0.1) is 6.92 Å². The van der Waals surface area contributed by atoms with Gasteiger partial charge in [0, 0.05) is 44.0 Å². The third-order valence-electron chi connectivity index (χ3n) is 3.81. The molecule has 5 heteroatoms. The van der Waals surface area contributed by atoms with Crippen molar-refractivity contribution in [2.24, 2.45) is 0 Å². The zero-order valence-electron chi connectivity index (χ0n) is 13.3. The predicted octanol–water partition coefficient (Wildman–Crippen LogP) is 1.71. The summed E-state index contributed by atoms with van der Waals surface area (Å²) in [5.74, 6) is -0.0147. The van der Waals surface area contributed by atoms with Gasteiger partial charge in [-0.25, -0.2) is 5.01 Å². The van der Waals surface area contributed by atoms with Crippen LogP contribution >= 0.6 is 0 Å². The van der Waals surface area contributed by atoms with E-state index in [1.54, 1.807) is 0 Å². The van der Waals surface area contributed by atoms with Crippen LogP contribution in [0.1, 0.15) is 29.3 Å². The highest BCUT2D eigenvalue weighted by Gasteiger charge is 2.17. The first kappa shape index (κ1) is 15.8. The second-order valence-electron chi connectivity index (χ2n) is 5.69. The zero-order chi connectivity index (χ0) is 15.2. The lowest BCUT2D eigenvalue weighted by atomic mass is 10.1. The molecular formula is C16H26N4O. The molecular weight excluding hydrogens is 264 g/mol. The number of aryl methyl sites for hydroxylation is 1. The van der Waals surface area contributed by atoms with Crippen molar-refractivity contribution in [3.8, 4) is 0 Å². The summed E-state index contributed by atoms with van der Waals surface area (Å²) in [6.07, 6.45) is 1.09. The topological polar surface area (TPSA) is 47.6 Å². The Morgan fingerprint density at radius 2 is 1.95 bits per heavy atom. The summed E-state index contributed by atoms with van der Waals surface area (Å²) >= 11 is 0. The van der Waals surface area contributed by atoms with Gasteiger partial charge in [0.15, 0.2) is 0 Å². The molecule has 1 saturated heterocycles.